The molecule has 0 saturated carbocycles. The zero-order valence-electron chi connectivity index (χ0n) is 12.7. The van der Waals surface area contributed by atoms with E-state index in [1.54, 1.807) is 12.1 Å². The molecule has 4 nitrogen and oxygen atoms in total. The summed E-state index contributed by atoms with van der Waals surface area (Å²) in [4.78, 5) is 10.8. The number of hydrogen-bond donors (Lipinski definition) is 0. The van der Waals surface area contributed by atoms with Crippen LogP contribution in [0, 0.1) is 10.1 Å². The first-order valence-electron chi connectivity index (χ1n) is 7.56. The number of nitro benzene ring substituents is 1. The van der Waals surface area contributed by atoms with Gasteiger partial charge in [0.25, 0.3) is 5.69 Å². The summed E-state index contributed by atoms with van der Waals surface area (Å²) in [5, 5.41) is 12.8. The van der Waals surface area contributed by atoms with Gasteiger partial charge in [0.1, 0.15) is 11.5 Å². The summed E-state index contributed by atoms with van der Waals surface area (Å²) in [7, 11) is 0. The maximum Gasteiger partial charge on any atom is 0.270 e. The summed E-state index contributed by atoms with van der Waals surface area (Å²) in [6.07, 6.45) is 0. The first-order valence-corrected chi connectivity index (χ1v) is 7.56. The number of nitro groups is 1. The lowest BCUT2D eigenvalue weighted by Crippen LogP contribution is -1.87. The van der Waals surface area contributed by atoms with Crippen LogP contribution in [0.4, 0.5) is 5.69 Å². The van der Waals surface area contributed by atoms with Crippen LogP contribution in [0.2, 0.25) is 0 Å². The summed E-state index contributed by atoms with van der Waals surface area (Å²) < 4.78 is 6.15. The Bertz CT molecular complexity index is 1020. The zero-order valence-corrected chi connectivity index (χ0v) is 12.7. The van der Waals surface area contributed by atoms with Crippen molar-refractivity contribution in [2.75, 3.05) is 0 Å². The van der Waals surface area contributed by atoms with Crippen LogP contribution in [0.25, 0.3) is 33.4 Å². The van der Waals surface area contributed by atoms with Gasteiger partial charge in [0.2, 0.25) is 0 Å². The van der Waals surface area contributed by atoms with Crippen LogP contribution in [0.5, 0.6) is 0 Å². The van der Waals surface area contributed by atoms with Crippen LogP contribution in [0.15, 0.2) is 83.3 Å². The van der Waals surface area contributed by atoms with E-state index in [1.807, 2.05) is 60.7 Å². The Balaban J connectivity index is 2.04. The molecule has 0 amide bonds. The lowest BCUT2D eigenvalue weighted by Gasteiger charge is -1.98. The van der Waals surface area contributed by atoms with Crippen LogP contribution < -0.4 is 0 Å². The van der Waals surface area contributed by atoms with Gasteiger partial charge < -0.3 is 4.42 Å². The largest absolute Gasteiger partial charge is 0.455 e. The molecule has 0 aliphatic rings. The third kappa shape index (κ3) is 2.34. The monoisotopic (exact) mass is 315 g/mol. The molecular formula is C20H13NO3. The summed E-state index contributed by atoms with van der Waals surface area (Å²) in [6, 6.07) is 24.2. The number of rotatable bonds is 3. The molecule has 0 saturated heterocycles. The van der Waals surface area contributed by atoms with Gasteiger partial charge in [0.05, 0.1) is 4.92 Å². The molecule has 0 aliphatic carbocycles. The van der Waals surface area contributed by atoms with E-state index in [2.05, 4.69) is 0 Å². The summed E-state index contributed by atoms with van der Waals surface area (Å²) in [5.74, 6) is 1.37. The highest BCUT2D eigenvalue weighted by Crippen LogP contribution is 2.40. The van der Waals surface area contributed by atoms with Crippen molar-refractivity contribution in [3.63, 3.8) is 0 Å². The molecule has 1 heterocycles. The highest BCUT2D eigenvalue weighted by atomic mass is 16.6. The fraction of sp³-hybridized carbons (Fsp3) is 0. The van der Waals surface area contributed by atoms with Gasteiger partial charge in [-0.1, -0.05) is 60.7 Å². The second-order valence-corrected chi connectivity index (χ2v) is 5.48. The molecule has 4 aromatic rings. The zero-order chi connectivity index (χ0) is 16.5. The minimum atomic E-state index is -0.386. The third-order valence-corrected chi connectivity index (χ3v) is 3.98. The molecule has 0 fully saturated rings. The summed E-state index contributed by atoms with van der Waals surface area (Å²) in [5.41, 5.74) is 1.89. The lowest BCUT2D eigenvalue weighted by molar-refractivity contribution is -0.384. The number of hydrogen-bond acceptors (Lipinski definition) is 3. The minimum absolute atomic E-state index is 0.0556. The van der Waals surface area contributed by atoms with E-state index >= 15 is 0 Å². The standard InChI is InChI=1S/C20H13NO3/c22-21(23)16-11-12-17-18(13-16)20(15-9-5-2-6-10-15)24-19(17)14-7-3-1-4-8-14/h1-13H. The third-order valence-electron chi connectivity index (χ3n) is 3.98. The second-order valence-electron chi connectivity index (χ2n) is 5.48. The molecule has 0 N–H and O–H groups in total. The first-order chi connectivity index (χ1) is 11.7. The molecule has 0 radical (unpaired) electrons. The Kier molecular flexibility index (Phi) is 3.35. The van der Waals surface area contributed by atoms with E-state index in [-0.39, 0.29) is 10.6 Å². The first kappa shape index (κ1) is 14.2. The van der Waals surface area contributed by atoms with Crippen molar-refractivity contribution in [3.05, 3.63) is 89.0 Å². The fourth-order valence-electron chi connectivity index (χ4n) is 2.85. The van der Waals surface area contributed by atoms with E-state index < -0.39 is 0 Å². The molecule has 4 heteroatoms. The molecule has 0 atom stereocenters. The number of furan rings is 1. The Morgan fingerprint density at radius 2 is 1.25 bits per heavy atom. The number of benzene rings is 3. The molecule has 0 aliphatic heterocycles. The van der Waals surface area contributed by atoms with Crippen molar-refractivity contribution in [3.8, 4) is 22.6 Å². The van der Waals surface area contributed by atoms with Crippen LogP contribution in [-0.2, 0) is 0 Å². The Morgan fingerprint density at radius 1 is 0.708 bits per heavy atom. The molecule has 1 aromatic heterocycles. The van der Waals surface area contributed by atoms with E-state index in [0.717, 1.165) is 27.7 Å². The Labute approximate surface area is 138 Å². The van der Waals surface area contributed by atoms with Gasteiger partial charge in [0, 0.05) is 34.0 Å². The van der Waals surface area contributed by atoms with Gasteiger partial charge in [0.15, 0.2) is 0 Å². The molecule has 0 bridgehead atoms. The van der Waals surface area contributed by atoms with E-state index in [0.29, 0.717) is 5.76 Å². The van der Waals surface area contributed by atoms with Gasteiger partial charge in [-0.25, -0.2) is 0 Å². The maximum absolute atomic E-state index is 11.1. The molecule has 0 unspecified atom stereocenters. The van der Waals surface area contributed by atoms with E-state index in [4.69, 9.17) is 4.42 Å². The maximum atomic E-state index is 11.1. The van der Waals surface area contributed by atoms with Crippen molar-refractivity contribution in [1.29, 1.82) is 0 Å². The SMILES string of the molecule is O=[N+]([O-])c1ccc2c(-c3ccccc3)oc(-c3ccccc3)c2c1. The van der Waals surface area contributed by atoms with Crippen molar-refractivity contribution >= 4 is 16.5 Å². The van der Waals surface area contributed by atoms with Crippen molar-refractivity contribution in [2.24, 2.45) is 0 Å². The van der Waals surface area contributed by atoms with Crippen LogP contribution in [-0.4, -0.2) is 4.92 Å². The van der Waals surface area contributed by atoms with Crippen LogP contribution >= 0.6 is 0 Å². The number of fused-ring (bicyclic) bond motifs is 1. The topological polar surface area (TPSA) is 56.3 Å². The highest BCUT2D eigenvalue weighted by molar-refractivity contribution is 6.03. The van der Waals surface area contributed by atoms with Gasteiger partial charge in [-0.2, -0.15) is 0 Å². The van der Waals surface area contributed by atoms with E-state index in [9.17, 15) is 10.1 Å². The van der Waals surface area contributed by atoms with Gasteiger partial charge >= 0.3 is 0 Å². The molecule has 3 aromatic carbocycles. The molecular weight excluding hydrogens is 302 g/mol. The van der Waals surface area contributed by atoms with Gasteiger partial charge in [-0.15, -0.1) is 0 Å². The fourth-order valence-corrected chi connectivity index (χ4v) is 2.85. The summed E-state index contributed by atoms with van der Waals surface area (Å²) in [6.45, 7) is 0. The highest BCUT2D eigenvalue weighted by Gasteiger charge is 2.19. The lowest BCUT2D eigenvalue weighted by atomic mass is 10.0. The van der Waals surface area contributed by atoms with Crippen molar-refractivity contribution < 1.29 is 9.34 Å². The van der Waals surface area contributed by atoms with E-state index in [1.165, 1.54) is 6.07 Å². The van der Waals surface area contributed by atoms with Crippen LogP contribution in [0.3, 0.4) is 0 Å². The molecule has 4 rings (SSSR count). The molecule has 24 heavy (non-hydrogen) atoms. The average Bonchev–Trinajstić information content (AvgIpc) is 3.02. The predicted molar refractivity (Wildman–Crippen MR) is 93.7 cm³/mol. The average molecular weight is 315 g/mol. The molecule has 0 spiro atoms. The number of non-ortho nitro benzene ring substituents is 1. The number of nitrogens with zero attached hydrogens (tertiary/aromatic N) is 1. The smallest absolute Gasteiger partial charge is 0.270 e. The van der Waals surface area contributed by atoms with Crippen LogP contribution in [0.1, 0.15) is 0 Å². The summed E-state index contributed by atoms with van der Waals surface area (Å²) >= 11 is 0. The Morgan fingerprint density at radius 3 is 1.79 bits per heavy atom. The molecule has 116 valence electrons. The quantitative estimate of drug-likeness (QED) is 0.361. The second kappa shape index (κ2) is 5.66. The predicted octanol–water partition coefficient (Wildman–Crippen LogP) is 5.68. The Hall–Kier alpha value is -3.40. The normalized spacial score (nSPS) is 10.8. The van der Waals surface area contributed by atoms with Crippen molar-refractivity contribution in [2.45, 2.75) is 0 Å². The van der Waals surface area contributed by atoms with Gasteiger partial charge in [-0.3, -0.25) is 10.1 Å². The van der Waals surface area contributed by atoms with Crippen molar-refractivity contribution in [1.82, 2.24) is 0 Å². The van der Waals surface area contributed by atoms with Gasteiger partial charge in [-0.05, 0) is 6.07 Å². The minimum Gasteiger partial charge on any atom is -0.455 e.